The first-order valence-corrected chi connectivity index (χ1v) is 19.6. The van der Waals surface area contributed by atoms with Gasteiger partial charge >= 0.3 is 10.4 Å². The molecule has 0 bridgehead atoms. The number of thioether (sulfide) groups is 1. The molecule has 0 aliphatic rings. The number of anilines is 2. The van der Waals surface area contributed by atoms with Crippen molar-refractivity contribution < 1.29 is 57.9 Å². The van der Waals surface area contributed by atoms with Gasteiger partial charge in [0, 0.05) is 10.1 Å². The second-order valence-corrected chi connectivity index (χ2v) is 16.1. The molecular weight excluding hydrogens is 741 g/mol. The molecule has 0 aliphatic heterocycles. The van der Waals surface area contributed by atoms with Crippen LogP contribution in [0.15, 0.2) is 88.6 Å². The maximum Gasteiger partial charge on any atom is 0.433 e. The van der Waals surface area contributed by atoms with Gasteiger partial charge in [0.25, 0.3) is 0 Å². The van der Waals surface area contributed by atoms with Crippen molar-refractivity contribution in [1.82, 2.24) is 0 Å². The smallest absolute Gasteiger partial charge is 0.396 e. The molecule has 3 aromatic carbocycles. The van der Waals surface area contributed by atoms with Crippen molar-refractivity contribution in [3.63, 3.8) is 0 Å². The van der Waals surface area contributed by atoms with Crippen LogP contribution in [0.5, 0.6) is 0 Å². The highest BCUT2D eigenvalue weighted by Crippen LogP contribution is 2.54. The van der Waals surface area contributed by atoms with Crippen molar-refractivity contribution in [1.29, 1.82) is 0 Å². The predicted molar refractivity (Wildman–Crippen MR) is 178 cm³/mol. The molecule has 0 amide bonds. The summed E-state index contributed by atoms with van der Waals surface area (Å²) in [7, 11) is -17.4. The monoisotopic (exact) mass is 768 g/mol. The van der Waals surface area contributed by atoms with Gasteiger partial charge in [-0.3, -0.25) is 9.44 Å². The Morgan fingerprint density at radius 2 is 1.40 bits per heavy atom. The van der Waals surface area contributed by atoms with Crippen LogP contribution in [0.2, 0.25) is 0 Å². The molecule has 3 rings (SSSR count). The van der Waals surface area contributed by atoms with Gasteiger partial charge in [0.2, 0.25) is 0 Å². The van der Waals surface area contributed by atoms with Gasteiger partial charge in [0.05, 0.1) is 37.5 Å². The van der Waals surface area contributed by atoms with Gasteiger partial charge in [0.1, 0.15) is 38.8 Å². The number of nitrogens with two attached hydrogens (primary N) is 2. The summed E-state index contributed by atoms with van der Waals surface area (Å²) in [6.07, 6.45) is 2.97. The van der Waals surface area contributed by atoms with E-state index in [2.05, 4.69) is 34.9 Å². The quantitative estimate of drug-likeness (QED) is 0.0158. The molecule has 0 atom stereocenters. The first-order chi connectivity index (χ1) is 22.2. The summed E-state index contributed by atoms with van der Waals surface area (Å²) in [6.45, 7) is 1.86. The Morgan fingerprint density at radius 1 is 0.771 bits per heavy atom. The molecule has 11 N–H and O–H groups in total. The van der Waals surface area contributed by atoms with Gasteiger partial charge in [-0.25, -0.2) is 8.42 Å². The van der Waals surface area contributed by atoms with Crippen molar-refractivity contribution in [3.05, 3.63) is 48.5 Å². The summed E-state index contributed by atoms with van der Waals surface area (Å²) in [6, 6.07) is 9.77. The predicted octanol–water partition coefficient (Wildman–Crippen LogP) is 7.18. The third kappa shape index (κ3) is 11.0. The van der Waals surface area contributed by atoms with Crippen LogP contribution in [0.25, 0.3) is 0 Å². The number of hydrogen-bond acceptors (Lipinski definition) is 19. The topological polar surface area (TPSA) is 330 Å². The van der Waals surface area contributed by atoms with E-state index >= 15 is 0 Å². The maximum absolute atomic E-state index is 12.4. The number of nitrogen functional groups attached to an aromatic ring is 2. The molecule has 0 fully saturated rings. The third-order valence-electron chi connectivity index (χ3n) is 5.71. The Hall–Kier alpha value is -3.55. The van der Waals surface area contributed by atoms with Crippen molar-refractivity contribution in [2.24, 2.45) is 20.5 Å². The first-order valence-electron chi connectivity index (χ1n) is 12.8. The average Bonchev–Trinajstić information content (AvgIpc) is 2.98. The molecule has 0 aliphatic carbocycles. The molecule has 0 heterocycles. The molecule has 0 unspecified atom stereocenters. The van der Waals surface area contributed by atoms with E-state index in [1.54, 1.807) is 6.11 Å². The highest BCUT2D eigenvalue weighted by Gasteiger charge is 2.26. The van der Waals surface area contributed by atoms with Crippen molar-refractivity contribution in [3.8, 4) is 11.4 Å². The molecule has 262 valence electrons. The van der Waals surface area contributed by atoms with Crippen LogP contribution >= 0.6 is 33.5 Å². The van der Waals surface area contributed by atoms with Crippen molar-refractivity contribution in [2.45, 2.75) is 39.3 Å². The second kappa shape index (κ2) is 15.8. The summed E-state index contributed by atoms with van der Waals surface area (Å²) in [4.78, 5) is 2.96. The van der Waals surface area contributed by atoms with E-state index in [9.17, 15) is 44.2 Å². The van der Waals surface area contributed by atoms with E-state index < -0.39 is 57.5 Å². The second-order valence-electron chi connectivity index (χ2n) is 9.19. The molecule has 0 saturated carbocycles. The van der Waals surface area contributed by atoms with Crippen molar-refractivity contribution in [2.75, 3.05) is 17.2 Å². The molecule has 48 heavy (non-hydrogen) atoms. The zero-order chi connectivity index (χ0) is 35.9. The highest BCUT2D eigenvalue weighted by molar-refractivity contribution is 8.19. The number of hydrogen-bond donors (Lipinski definition) is 9. The van der Waals surface area contributed by atoms with Crippen molar-refractivity contribution >= 4 is 87.9 Å². The lowest BCUT2D eigenvalue weighted by Crippen LogP contribution is -2.06. The highest BCUT2D eigenvalue weighted by atomic mass is 32.3. The fourth-order valence-electron chi connectivity index (χ4n) is 3.48. The normalized spacial score (nSPS) is 13.4. The summed E-state index contributed by atoms with van der Waals surface area (Å²) < 4.78 is 118. The van der Waals surface area contributed by atoms with Crippen LogP contribution in [-0.2, 0) is 29.5 Å². The van der Waals surface area contributed by atoms with E-state index in [0.717, 1.165) is 18.2 Å². The van der Waals surface area contributed by atoms with Gasteiger partial charge in [0.15, 0.2) is 15.9 Å². The minimum Gasteiger partial charge on any atom is -0.396 e. The maximum atomic E-state index is 12.4. The molecule has 24 heteroatoms. The van der Waals surface area contributed by atoms with Gasteiger partial charge < -0.3 is 38.8 Å². The standard InChI is InChI=1S/C24H28N6O13S5/c1-2-3-12-45(31,32)17-7-4-15(5-8-17)27-30-24-22(25)19(14-21(23(24)26)47(36,37)38)29-28-18-9-6-16(13-20(18)46(33,34)35)44-11-10-42-43-48(39,40)41/h4-9,13-14,33-38H,2-3,12,25-26H2,1H3,(H,39,40,41). The molecular formula is C24H28N6O13S5. The zero-order valence-electron chi connectivity index (χ0n) is 24.3. The van der Waals surface area contributed by atoms with Gasteiger partial charge in [-0.15, -0.1) is 15.3 Å². The number of azo groups is 2. The molecule has 0 saturated heterocycles. The SMILES string of the molecule is CCCCS(=O)(=O)c1ccc(N=Nc2c(N)c(N=Nc3ccc(SC#COOS(=O)(=O)O)cc3S(O)(O)O)cc(S(O)(O)O)c2N)cc1. The van der Waals surface area contributed by atoms with Crippen LogP contribution in [-0.4, -0.2) is 54.5 Å². The van der Waals surface area contributed by atoms with Gasteiger partial charge in [-0.2, -0.15) is 13.5 Å². The van der Waals surface area contributed by atoms with Crippen LogP contribution in [0, 0.1) is 11.4 Å². The Balaban J connectivity index is 1.99. The fourth-order valence-corrected chi connectivity index (χ4v) is 6.98. The van der Waals surface area contributed by atoms with E-state index in [1.807, 2.05) is 6.92 Å². The summed E-state index contributed by atoms with van der Waals surface area (Å²) in [5.74, 6) is -0.0289. The fraction of sp³-hybridized carbons (Fsp3) is 0.167. The van der Waals surface area contributed by atoms with Crippen LogP contribution in [0.4, 0.5) is 34.1 Å². The molecule has 3 aromatic rings. The minimum atomic E-state index is -4.91. The number of nitrogens with zero attached hydrogens (tertiary/aromatic N) is 4. The lowest BCUT2D eigenvalue weighted by atomic mass is 10.2. The van der Waals surface area contributed by atoms with Crippen LogP contribution < -0.4 is 11.5 Å². The largest absolute Gasteiger partial charge is 0.433 e. The number of unbranched alkanes of at least 4 members (excludes halogenated alkanes) is 1. The van der Waals surface area contributed by atoms with Crippen LogP contribution in [0.1, 0.15) is 19.8 Å². The van der Waals surface area contributed by atoms with Gasteiger partial charge in [-0.05, 0) is 71.0 Å². The summed E-state index contributed by atoms with van der Waals surface area (Å²) in [5.41, 5.74) is 10.4. The number of rotatable bonds is 13. The Bertz CT molecular complexity index is 1990. The Morgan fingerprint density at radius 3 is 1.98 bits per heavy atom. The first kappa shape index (κ1) is 38.9. The lowest BCUT2D eigenvalue weighted by molar-refractivity contribution is -0.135. The number of sulfone groups is 1. The van der Waals surface area contributed by atoms with E-state index in [1.165, 1.54) is 30.3 Å². The lowest BCUT2D eigenvalue weighted by Gasteiger charge is -2.23. The molecule has 0 spiro atoms. The average molecular weight is 769 g/mol. The zero-order valence-corrected chi connectivity index (χ0v) is 28.4. The minimum absolute atomic E-state index is 0.0289. The van der Waals surface area contributed by atoms with E-state index in [4.69, 9.17) is 16.0 Å². The third-order valence-corrected chi connectivity index (χ3v) is 10.3. The van der Waals surface area contributed by atoms with Crippen LogP contribution in [0.3, 0.4) is 0 Å². The van der Waals surface area contributed by atoms with E-state index in [-0.39, 0.29) is 44.0 Å². The Labute approximate surface area is 281 Å². The summed E-state index contributed by atoms with van der Waals surface area (Å²) in [5, 5.41) is 17.8. The Kier molecular flexibility index (Phi) is 12.8. The molecule has 0 radical (unpaired) electrons. The van der Waals surface area contributed by atoms with E-state index in [0.29, 0.717) is 24.6 Å². The number of benzene rings is 3. The molecule has 0 aromatic heterocycles. The molecule has 19 nitrogen and oxygen atoms in total. The van der Waals surface area contributed by atoms with Gasteiger partial charge in [-0.1, -0.05) is 13.3 Å². The summed E-state index contributed by atoms with van der Waals surface area (Å²) >= 11 is 0.642.